The van der Waals surface area contributed by atoms with Gasteiger partial charge in [-0.1, -0.05) is 23.2 Å². The van der Waals surface area contributed by atoms with Gasteiger partial charge in [-0.3, -0.25) is 29.0 Å². The number of thiophene rings is 2. The molecule has 62 heavy (non-hydrogen) atoms. The average molecular weight is 928 g/mol. The van der Waals surface area contributed by atoms with Gasteiger partial charge in [-0.15, -0.1) is 22.7 Å². The quantitative estimate of drug-likeness (QED) is 0.184. The Bertz CT molecular complexity index is 2300. The first-order valence-corrected chi connectivity index (χ1v) is 22.1. The summed E-state index contributed by atoms with van der Waals surface area (Å²) in [5.41, 5.74) is 2.38. The number of nitrogens with zero attached hydrogens (tertiary/aromatic N) is 5. The third kappa shape index (κ3) is 10.7. The molecule has 4 saturated heterocycles. The van der Waals surface area contributed by atoms with Crippen molar-refractivity contribution in [1.29, 1.82) is 0 Å². The number of carbonyl (C=O) groups is 6. The minimum Gasteiger partial charge on any atom is -0.442 e. The number of rotatable bonds is 10. The summed E-state index contributed by atoms with van der Waals surface area (Å²) in [6.07, 6.45) is -1.87. The molecule has 0 radical (unpaired) electrons. The van der Waals surface area contributed by atoms with Gasteiger partial charge in [0.25, 0.3) is 23.6 Å². The molecule has 2 aromatic heterocycles. The summed E-state index contributed by atoms with van der Waals surface area (Å²) in [4.78, 5) is 83.2. The Morgan fingerprint density at radius 1 is 0.661 bits per heavy atom. The van der Waals surface area contributed by atoms with E-state index < -0.39 is 29.9 Å². The van der Waals surface area contributed by atoms with Gasteiger partial charge in [0.15, 0.2) is 0 Å². The van der Waals surface area contributed by atoms with Gasteiger partial charge in [-0.25, -0.2) is 9.59 Å². The molecule has 2 aromatic carbocycles. The molecular formula is C42H44Cl2N6O10S2. The molecule has 0 bridgehead atoms. The van der Waals surface area contributed by atoms with E-state index in [1.54, 1.807) is 80.3 Å². The van der Waals surface area contributed by atoms with Gasteiger partial charge in [0.1, 0.15) is 25.4 Å². The van der Waals surface area contributed by atoms with E-state index in [1.807, 2.05) is 32.9 Å². The Hall–Kier alpha value is -5.24. The minimum absolute atomic E-state index is 0.0720. The van der Waals surface area contributed by atoms with Gasteiger partial charge in [0.2, 0.25) is 0 Å². The second kappa shape index (κ2) is 19.4. The molecule has 6 heterocycles. The van der Waals surface area contributed by atoms with E-state index in [0.29, 0.717) is 69.2 Å². The fourth-order valence-corrected chi connectivity index (χ4v) is 8.98. The van der Waals surface area contributed by atoms with E-state index in [9.17, 15) is 28.8 Å². The molecule has 4 aliphatic heterocycles. The molecule has 4 fully saturated rings. The highest BCUT2D eigenvalue weighted by Crippen LogP contribution is 2.30. The molecule has 0 unspecified atom stereocenters. The van der Waals surface area contributed by atoms with Gasteiger partial charge in [0, 0.05) is 41.4 Å². The summed E-state index contributed by atoms with van der Waals surface area (Å²) in [5, 5.41) is 2.76. The van der Waals surface area contributed by atoms with Crippen LogP contribution in [0.2, 0.25) is 8.67 Å². The van der Waals surface area contributed by atoms with Crippen LogP contribution in [0.5, 0.6) is 0 Å². The minimum atomic E-state index is -0.475. The predicted octanol–water partition coefficient (Wildman–Crippen LogP) is 6.55. The molecule has 0 aliphatic carbocycles. The average Bonchev–Trinajstić information content (AvgIpc) is 4.06. The van der Waals surface area contributed by atoms with E-state index in [1.165, 1.54) is 27.6 Å². The summed E-state index contributed by atoms with van der Waals surface area (Å²) in [5.74, 6) is -0.578. The number of benzene rings is 2. The first-order valence-electron chi connectivity index (χ1n) is 19.7. The molecule has 6 amide bonds. The molecule has 16 nitrogen and oxygen atoms in total. The first kappa shape index (κ1) is 44.8. The first-order chi connectivity index (χ1) is 29.6. The lowest BCUT2D eigenvalue weighted by atomic mass is 10.0. The molecule has 20 heteroatoms. The molecular weight excluding hydrogens is 884 g/mol. The monoisotopic (exact) mass is 926 g/mol. The predicted molar refractivity (Wildman–Crippen MR) is 236 cm³/mol. The fourth-order valence-electron chi connectivity index (χ4n) is 7.03. The standard InChI is InChI=1S/C23H26ClN3O5S.C19H18ClN3O5S/c1-23(2,3)27(21(29)18-8-9-19(24)33-18)13-17-12-26(22(30)32-17)16-6-4-15(5-7-16)25-10-11-31-14-20(25)28;20-16-6-5-15(29-16)18(25)21-9-14-10-23(19(26)28-14)13-3-1-12(2-4-13)22-7-8-27-11-17(22)24/h4-9,17H,10-14H2,1-3H3;1-6,14H,7-11H2,(H,21,25)/t17-;14-/m10/s1. The lowest BCUT2D eigenvalue weighted by Crippen LogP contribution is -2.49. The van der Waals surface area contributed by atoms with Crippen molar-refractivity contribution in [3.05, 3.63) is 91.2 Å². The second-order valence-corrected chi connectivity index (χ2v) is 18.9. The number of ether oxygens (including phenoxy) is 4. The largest absolute Gasteiger partial charge is 0.442 e. The van der Waals surface area contributed by atoms with Crippen LogP contribution >= 0.6 is 45.9 Å². The number of cyclic esters (lactones) is 2. The van der Waals surface area contributed by atoms with Crippen molar-refractivity contribution in [2.24, 2.45) is 0 Å². The van der Waals surface area contributed by atoms with Crippen LogP contribution in [0, 0.1) is 0 Å². The SMILES string of the molecule is CC(C)(C)N(C[C@H]1CN(c2ccc(N3CCOCC3=O)cc2)C(=O)O1)C(=O)c1ccc(Cl)s1.O=C(NC[C@H]1CN(c2ccc(N3CCOCC3=O)cc2)C(=O)O1)c1ccc(Cl)s1. The van der Waals surface area contributed by atoms with Gasteiger partial charge < -0.3 is 39.0 Å². The lowest BCUT2D eigenvalue weighted by Gasteiger charge is -2.36. The van der Waals surface area contributed by atoms with E-state index in [4.69, 9.17) is 42.1 Å². The van der Waals surface area contributed by atoms with E-state index in [2.05, 4.69) is 5.32 Å². The summed E-state index contributed by atoms with van der Waals surface area (Å²) < 4.78 is 22.3. The maximum Gasteiger partial charge on any atom is 0.414 e. The fraction of sp³-hybridized carbons (Fsp3) is 0.381. The van der Waals surface area contributed by atoms with Gasteiger partial charge in [-0.05, 0) is 93.6 Å². The van der Waals surface area contributed by atoms with Crippen LogP contribution < -0.4 is 24.9 Å². The van der Waals surface area contributed by atoms with Gasteiger partial charge in [-0.2, -0.15) is 0 Å². The number of anilines is 4. The molecule has 1 N–H and O–H groups in total. The Labute approximate surface area is 375 Å². The zero-order valence-electron chi connectivity index (χ0n) is 34.0. The van der Waals surface area contributed by atoms with Crippen LogP contribution in [0.25, 0.3) is 0 Å². The smallest absolute Gasteiger partial charge is 0.414 e. The van der Waals surface area contributed by atoms with E-state index in [-0.39, 0.29) is 49.9 Å². The van der Waals surface area contributed by atoms with Crippen LogP contribution in [0.1, 0.15) is 40.1 Å². The van der Waals surface area contributed by atoms with Crippen LogP contribution in [0.3, 0.4) is 0 Å². The number of hydrogen-bond acceptors (Lipinski definition) is 12. The van der Waals surface area contributed by atoms with Crippen LogP contribution in [0.15, 0.2) is 72.8 Å². The normalized spacial score (nSPS) is 19.2. The van der Waals surface area contributed by atoms with Crippen molar-refractivity contribution in [1.82, 2.24) is 10.2 Å². The third-order valence-corrected chi connectivity index (χ3v) is 12.6. The van der Waals surface area contributed by atoms with E-state index in [0.717, 1.165) is 11.4 Å². The number of carbonyl (C=O) groups excluding carboxylic acids is 6. The molecule has 4 aromatic rings. The Balaban J connectivity index is 0.000000188. The molecule has 0 spiro atoms. The highest BCUT2D eigenvalue weighted by Gasteiger charge is 2.38. The molecule has 2 atom stereocenters. The summed E-state index contributed by atoms with van der Waals surface area (Å²) in [6, 6.07) is 21.1. The topological polar surface area (TPSA) is 168 Å². The number of morpholine rings is 2. The number of halogens is 2. The zero-order chi connectivity index (χ0) is 44.1. The maximum atomic E-state index is 13.1. The van der Waals surface area contributed by atoms with Crippen molar-refractivity contribution < 1.29 is 47.7 Å². The Kier molecular flexibility index (Phi) is 14.0. The van der Waals surface area contributed by atoms with Gasteiger partial charge in [0.05, 0.1) is 57.8 Å². The number of amides is 6. The van der Waals surface area contributed by atoms with Crippen molar-refractivity contribution >= 4 is 104 Å². The zero-order valence-corrected chi connectivity index (χ0v) is 37.2. The summed E-state index contributed by atoms with van der Waals surface area (Å²) >= 11 is 14.3. The maximum absolute atomic E-state index is 13.1. The number of nitrogens with one attached hydrogen (secondary N) is 1. The number of hydrogen-bond donors (Lipinski definition) is 1. The summed E-state index contributed by atoms with van der Waals surface area (Å²) in [7, 11) is 0. The molecule has 8 rings (SSSR count). The van der Waals surface area contributed by atoms with Crippen LogP contribution in [-0.2, 0) is 28.5 Å². The van der Waals surface area contributed by atoms with Crippen LogP contribution in [0.4, 0.5) is 32.3 Å². The van der Waals surface area contributed by atoms with Crippen LogP contribution in [-0.4, -0.2) is 124 Å². The Morgan fingerprint density at radius 3 is 1.53 bits per heavy atom. The van der Waals surface area contributed by atoms with Crippen molar-refractivity contribution in [2.75, 3.05) is 85.3 Å². The van der Waals surface area contributed by atoms with E-state index >= 15 is 0 Å². The lowest BCUT2D eigenvalue weighted by molar-refractivity contribution is -0.126. The highest BCUT2D eigenvalue weighted by atomic mass is 35.5. The van der Waals surface area contributed by atoms with Crippen molar-refractivity contribution in [3.8, 4) is 0 Å². The van der Waals surface area contributed by atoms with Crippen molar-refractivity contribution in [3.63, 3.8) is 0 Å². The second-order valence-electron chi connectivity index (χ2n) is 15.5. The highest BCUT2D eigenvalue weighted by molar-refractivity contribution is 7.18. The molecule has 4 aliphatic rings. The third-order valence-electron chi connectivity index (χ3n) is 10.2. The summed E-state index contributed by atoms with van der Waals surface area (Å²) in [6.45, 7) is 9.08. The molecule has 328 valence electrons. The molecule has 0 saturated carbocycles. The Morgan fingerprint density at radius 2 is 1.10 bits per heavy atom. The van der Waals surface area contributed by atoms with Crippen molar-refractivity contribution in [2.45, 2.75) is 38.5 Å². The van der Waals surface area contributed by atoms with Gasteiger partial charge >= 0.3 is 12.2 Å².